The van der Waals surface area contributed by atoms with Crippen molar-refractivity contribution in [2.45, 2.75) is 19.9 Å². The predicted octanol–water partition coefficient (Wildman–Crippen LogP) is 1.37. The molecule has 0 unspecified atom stereocenters. The van der Waals surface area contributed by atoms with Gasteiger partial charge in [-0.15, -0.1) is 0 Å². The Balaban J connectivity index is 1.75. The van der Waals surface area contributed by atoms with Crippen molar-refractivity contribution in [2.75, 3.05) is 18.5 Å². The molecule has 0 aliphatic rings. The van der Waals surface area contributed by atoms with Gasteiger partial charge in [0.25, 0.3) is 0 Å². The lowest BCUT2D eigenvalue weighted by Gasteiger charge is -2.16. The van der Waals surface area contributed by atoms with Crippen LogP contribution in [0.4, 0.5) is 5.82 Å². The Labute approximate surface area is 139 Å². The third kappa shape index (κ3) is 3.72. The van der Waals surface area contributed by atoms with Gasteiger partial charge in [0, 0.05) is 43.2 Å². The van der Waals surface area contributed by atoms with Crippen molar-refractivity contribution in [1.82, 2.24) is 25.1 Å². The Morgan fingerprint density at radius 1 is 1.17 bits per heavy atom. The molecule has 2 N–H and O–H groups in total. The van der Waals surface area contributed by atoms with Gasteiger partial charge in [0.15, 0.2) is 0 Å². The minimum absolute atomic E-state index is 0.455. The second-order valence-electron chi connectivity index (χ2n) is 5.41. The fourth-order valence-corrected chi connectivity index (χ4v) is 2.30. The zero-order valence-corrected chi connectivity index (χ0v) is 13.7. The minimum Gasteiger partial charge on any atom is -0.350 e. The summed E-state index contributed by atoms with van der Waals surface area (Å²) in [7, 11) is 1.92. The van der Waals surface area contributed by atoms with Crippen LogP contribution in [0, 0.1) is 6.92 Å². The Kier molecular flexibility index (Phi) is 4.76. The normalized spacial score (nSPS) is 10.8. The van der Waals surface area contributed by atoms with Crippen LogP contribution in [0.15, 0.2) is 35.1 Å². The summed E-state index contributed by atoms with van der Waals surface area (Å²) in [6, 6.07) is 5.61. The molecule has 0 aliphatic heterocycles. The molecule has 0 aromatic carbocycles. The predicted molar refractivity (Wildman–Crippen MR) is 89.2 cm³/mol. The Morgan fingerprint density at radius 2 is 1.96 bits per heavy atom. The number of hydrogen-bond acceptors (Lipinski definition) is 8. The molecule has 3 heterocycles. The molecule has 0 spiro atoms. The van der Waals surface area contributed by atoms with E-state index in [0.29, 0.717) is 30.6 Å². The molecular formula is C16H19N7O. The van der Waals surface area contributed by atoms with E-state index in [2.05, 4.69) is 25.1 Å². The van der Waals surface area contributed by atoms with Crippen molar-refractivity contribution >= 4 is 5.82 Å². The number of pyridine rings is 1. The van der Waals surface area contributed by atoms with Gasteiger partial charge in [-0.1, -0.05) is 5.16 Å². The number of nitrogens with two attached hydrogens (primary N) is 1. The largest absolute Gasteiger partial charge is 0.350 e. The molecule has 0 saturated carbocycles. The van der Waals surface area contributed by atoms with E-state index in [0.717, 1.165) is 23.5 Å². The summed E-state index contributed by atoms with van der Waals surface area (Å²) >= 11 is 0. The molecule has 8 heteroatoms. The molecule has 3 rings (SSSR count). The second kappa shape index (κ2) is 7.14. The maximum absolute atomic E-state index is 5.61. The molecule has 3 aromatic rings. The van der Waals surface area contributed by atoms with Crippen LogP contribution < -0.4 is 10.6 Å². The lowest BCUT2D eigenvalue weighted by molar-refractivity contribution is 0.378. The summed E-state index contributed by atoms with van der Waals surface area (Å²) < 4.78 is 5.33. The summed E-state index contributed by atoms with van der Waals surface area (Å²) in [6.07, 6.45) is 4.11. The molecule has 0 amide bonds. The average molecular weight is 325 g/mol. The highest BCUT2D eigenvalue weighted by molar-refractivity contribution is 5.52. The lowest BCUT2D eigenvalue weighted by atomic mass is 10.2. The van der Waals surface area contributed by atoms with Crippen molar-refractivity contribution < 1.29 is 4.52 Å². The molecule has 0 atom stereocenters. The van der Waals surface area contributed by atoms with E-state index in [-0.39, 0.29) is 0 Å². The highest BCUT2D eigenvalue weighted by Gasteiger charge is 2.13. The zero-order chi connectivity index (χ0) is 16.9. The van der Waals surface area contributed by atoms with E-state index in [1.54, 1.807) is 12.4 Å². The van der Waals surface area contributed by atoms with Crippen molar-refractivity contribution in [1.29, 1.82) is 0 Å². The van der Waals surface area contributed by atoms with Crippen LogP contribution >= 0.6 is 0 Å². The molecule has 0 fully saturated rings. The number of aromatic nitrogens is 5. The number of hydrogen-bond donors (Lipinski definition) is 1. The summed E-state index contributed by atoms with van der Waals surface area (Å²) in [5.41, 5.74) is 7.40. The number of aryl methyl sites for hydroxylation is 1. The van der Waals surface area contributed by atoms with Crippen molar-refractivity contribution in [2.24, 2.45) is 5.73 Å². The van der Waals surface area contributed by atoms with Crippen LogP contribution in [0.3, 0.4) is 0 Å². The Morgan fingerprint density at radius 3 is 2.71 bits per heavy atom. The smallest absolute Gasteiger partial charge is 0.246 e. The first-order valence-corrected chi connectivity index (χ1v) is 7.64. The van der Waals surface area contributed by atoms with Crippen molar-refractivity contribution in [3.8, 4) is 11.4 Å². The van der Waals surface area contributed by atoms with Crippen molar-refractivity contribution in [3.05, 3.63) is 48.0 Å². The molecule has 0 bridgehead atoms. The monoisotopic (exact) mass is 325 g/mol. The summed E-state index contributed by atoms with van der Waals surface area (Å²) in [5.74, 6) is 2.57. The second-order valence-corrected chi connectivity index (χ2v) is 5.41. The van der Waals surface area contributed by atoms with Gasteiger partial charge >= 0.3 is 0 Å². The molecule has 24 heavy (non-hydrogen) atoms. The van der Waals surface area contributed by atoms with Crippen molar-refractivity contribution in [3.63, 3.8) is 0 Å². The molecule has 8 nitrogen and oxygen atoms in total. The van der Waals surface area contributed by atoms with Crippen LogP contribution in [-0.2, 0) is 13.0 Å². The Hall–Kier alpha value is -2.87. The van der Waals surface area contributed by atoms with E-state index in [1.807, 2.05) is 37.1 Å². The first-order valence-electron chi connectivity index (χ1n) is 7.64. The molecule has 0 aliphatic carbocycles. The summed E-state index contributed by atoms with van der Waals surface area (Å²) in [5, 5.41) is 4.01. The molecule has 0 radical (unpaired) electrons. The molecule has 3 aromatic heterocycles. The van der Waals surface area contributed by atoms with Gasteiger partial charge in [0.2, 0.25) is 11.7 Å². The fourth-order valence-electron chi connectivity index (χ4n) is 2.30. The SMILES string of the molecule is Cc1nc(CCN)cc(N(C)Cc2nc(-c3ccncc3)no2)n1. The van der Waals surface area contributed by atoms with Crippen LogP contribution in [0.5, 0.6) is 0 Å². The number of rotatable bonds is 6. The van der Waals surface area contributed by atoms with Crippen LogP contribution in [0.25, 0.3) is 11.4 Å². The van der Waals surface area contributed by atoms with E-state index >= 15 is 0 Å². The highest BCUT2D eigenvalue weighted by Crippen LogP contribution is 2.17. The van der Waals surface area contributed by atoms with Gasteiger partial charge in [0.05, 0.1) is 6.54 Å². The quantitative estimate of drug-likeness (QED) is 0.724. The lowest BCUT2D eigenvalue weighted by Crippen LogP contribution is -2.19. The highest BCUT2D eigenvalue weighted by atomic mass is 16.5. The number of nitrogens with zero attached hydrogens (tertiary/aromatic N) is 6. The minimum atomic E-state index is 0.455. The number of anilines is 1. The summed E-state index contributed by atoms with van der Waals surface area (Å²) in [6.45, 7) is 2.88. The van der Waals surface area contributed by atoms with Gasteiger partial charge < -0.3 is 15.2 Å². The third-order valence-corrected chi connectivity index (χ3v) is 3.45. The van der Waals surface area contributed by atoms with Gasteiger partial charge in [-0.05, 0) is 25.6 Å². The van der Waals surface area contributed by atoms with E-state index < -0.39 is 0 Å². The van der Waals surface area contributed by atoms with Gasteiger partial charge in [-0.2, -0.15) is 4.98 Å². The van der Waals surface area contributed by atoms with Crippen LogP contribution in [-0.4, -0.2) is 38.7 Å². The molecular weight excluding hydrogens is 306 g/mol. The van der Waals surface area contributed by atoms with E-state index in [9.17, 15) is 0 Å². The standard InChI is InChI=1S/C16H19N7O/c1-11-19-13(3-6-17)9-14(20-11)23(2)10-15-21-16(22-24-15)12-4-7-18-8-5-12/h4-5,7-9H,3,6,10,17H2,1-2H3. The Bertz CT molecular complexity index is 803. The first-order chi connectivity index (χ1) is 11.7. The fraction of sp³-hybridized carbons (Fsp3) is 0.312. The molecule has 124 valence electrons. The maximum Gasteiger partial charge on any atom is 0.246 e. The summed E-state index contributed by atoms with van der Waals surface area (Å²) in [4.78, 5) is 19.2. The zero-order valence-electron chi connectivity index (χ0n) is 13.7. The third-order valence-electron chi connectivity index (χ3n) is 3.45. The van der Waals surface area contributed by atoms with Gasteiger partial charge in [0.1, 0.15) is 11.6 Å². The van der Waals surface area contributed by atoms with Gasteiger partial charge in [-0.25, -0.2) is 9.97 Å². The van der Waals surface area contributed by atoms with Gasteiger partial charge in [-0.3, -0.25) is 4.98 Å². The van der Waals surface area contributed by atoms with Crippen LogP contribution in [0.2, 0.25) is 0 Å². The van der Waals surface area contributed by atoms with Crippen LogP contribution in [0.1, 0.15) is 17.4 Å². The maximum atomic E-state index is 5.61. The van der Waals surface area contributed by atoms with E-state index in [4.69, 9.17) is 10.3 Å². The average Bonchev–Trinajstić information content (AvgIpc) is 3.04. The topological polar surface area (TPSA) is 107 Å². The first kappa shape index (κ1) is 16.0. The molecule has 0 saturated heterocycles. The van der Waals surface area contributed by atoms with E-state index in [1.165, 1.54) is 0 Å².